The van der Waals surface area contributed by atoms with Crippen molar-refractivity contribution in [1.82, 2.24) is 5.32 Å². The average Bonchev–Trinajstić information content (AvgIpc) is 2.48. The number of hydrogen-bond acceptors (Lipinski definition) is 2. The highest BCUT2D eigenvalue weighted by atomic mass is 32.2. The lowest BCUT2D eigenvalue weighted by Crippen LogP contribution is -2.32. The van der Waals surface area contributed by atoms with Crippen molar-refractivity contribution in [2.24, 2.45) is 0 Å². The van der Waals surface area contributed by atoms with Gasteiger partial charge in [0, 0.05) is 29.2 Å². The first-order chi connectivity index (χ1) is 10.1. The van der Waals surface area contributed by atoms with E-state index >= 15 is 0 Å². The summed E-state index contributed by atoms with van der Waals surface area (Å²) in [4.78, 5) is 12.2. The molecule has 0 spiro atoms. The highest BCUT2D eigenvalue weighted by Crippen LogP contribution is 2.21. The molecule has 0 aromatic heterocycles. The molecular formula is C17H23NO2S. The first-order valence-corrected chi connectivity index (χ1v) is 9.20. The fraction of sp³-hybridized carbons (Fsp3) is 0.471. The minimum Gasteiger partial charge on any atom is -0.348 e. The van der Waals surface area contributed by atoms with Gasteiger partial charge in [-0.15, -0.1) is 0 Å². The van der Waals surface area contributed by atoms with Crippen LogP contribution in [0.2, 0.25) is 0 Å². The fourth-order valence-electron chi connectivity index (χ4n) is 2.66. The summed E-state index contributed by atoms with van der Waals surface area (Å²) < 4.78 is 11.5. The molecule has 21 heavy (non-hydrogen) atoms. The highest BCUT2D eigenvalue weighted by molar-refractivity contribution is 7.84. The monoisotopic (exact) mass is 305 g/mol. The standard InChI is InChI=1S/C17H23NO2S/c1-21(20)13-16(15-10-6-3-7-11-15)18-17(19)12-14-8-4-2-5-9-14/h3,6-8,10-11,16H,2,4-5,9,12-13H2,1H3,(H,18,19)/t16-,21-/m0/s1. The third-order valence-electron chi connectivity index (χ3n) is 3.71. The van der Waals surface area contributed by atoms with Gasteiger partial charge in [-0.3, -0.25) is 9.00 Å². The van der Waals surface area contributed by atoms with Crippen molar-refractivity contribution in [3.8, 4) is 0 Å². The van der Waals surface area contributed by atoms with Gasteiger partial charge in [0.25, 0.3) is 0 Å². The van der Waals surface area contributed by atoms with Crippen molar-refractivity contribution < 1.29 is 9.00 Å². The van der Waals surface area contributed by atoms with E-state index in [0.29, 0.717) is 12.2 Å². The maximum Gasteiger partial charge on any atom is 0.224 e. The second kappa shape index (κ2) is 8.13. The quantitative estimate of drug-likeness (QED) is 0.821. The van der Waals surface area contributed by atoms with Crippen molar-refractivity contribution in [2.45, 2.75) is 38.1 Å². The van der Waals surface area contributed by atoms with Gasteiger partial charge in [-0.25, -0.2) is 0 Å². The predicted octanol–water partition coefficient (Wildman–Crippen LogP) is 3.11. The third-order valence-corrected chi connectivity index (χ3v) is 4.51. The Hall–Kier alpha value is -1.42. The van der Waals surface area contributed by atoms with Crippen LogP contribution in [0.4, 0.5) is 0 Å². The molecule has 1 aliphatic rings. The van der Waals surface area contributed by atoms with E-state index in [2.05, 4.69) is 11.4 Å². The number of hydrogen-bond donors (Lipinski definition) is 1. The molecule has 1 aromatic carbocycles. The normalized spacial score (nSPS) is 17.7. The van der Waals surface area contributed by atoms with Crippen LogP contribution in [0.5, 0.6) is 0 Å². The molecular weight excluding hydrogens is 282 g/mol. The van der Waals surface area contributed by atoms with Crippen LogP contribution < -0.4 is 5.32 Å². The summed E-state index contributed by atoms with van der Waals surface area (Å²) in [7, 11) is -0.949. The molecule has 0 heterocycles. The second-order valence-corrected chi connectivity index (χ2v) is 7.04. The molecule has 0 saturated heterocycles. The lowest BCUT2D eigenvalue weighted by atomic mass is 9.97. The second-order valence-electron chi connectivity index (χ2n) is 5.56. The summed E-state index contributed by atoms with van der Waals surface area (Å²) in [5.41, 5.74) is 2.25. The number of benzene rings is 1. The first kappa shape index (κ1) is 16.0. The molecule has 0 radical (unpaired) electrons. The number of amides is 1. The number of nitrogens with one attached hydrogen (secondary N) is 1. The van der Waals surface area contributed by atoms with Gasteiger partial charge in [0.1, 0.15) is 0 Å². The van der Waals surface area contributed by atoms with Gasteiger partial charge in [0.2, 0.25) is 5.91 Å². The van der Waals surface area contributed by atoms with Crippen LogP contribution in [-0.4, -0.2) is 22.1 Å². The van der Waals surface area contributed by atoms with Gasteiger partial charge in [-0.2, -0.15) is 0 Å². The zero-order chi connectivity index (χ0) is 15.1. The van der Waals surface area contributed by atoms with Crippen molar-refractivity contribution >= 4 is 16.7 Å². The lowest BCUT2D eigenvalue weighted by molar-refractivity contribution is -0.121. The smallest absolute Gasteiger partial charge is 0.224 e. The summed E-state index contributed by atoms with van der Waals surface area (Å²) >= 11 is 0. The molecule has 1 aromatic rings. The van der Waals surface area contributed by atoms with Crippen molar-refractivity contribution in [3.05, 3.63) is 47.5 Å². The van der Waals surface area contributed by atoms with Crippen LogP contribution in [0.1, 0.15) is 43.7 Å². The Labute approximate surface area is 129 Å². The van der Waals surface area contributed by atoms with E-state index in [1.54, 1.807) is 6.26 Å². The Morgan fingerprint density at radius 1 is 1.29 bits per heavy atom. The van der Waals surface area contributed by atoms with E-state index in [4.69, 9.17) is 0 Å². The molecule has 0 unspecified atom stereocenters. The van der Waals surface area contributed by atoms with Crippen molar-refractivity contribution in [1.29, 1.82) is 0 Å². The molecule has 0 fully saturated rings. The fourth-order valence-corrected chi connectivity index (χ4v) is 3.40. The van der Waals surface area contributed by atoms with E-state index < -0.39 is 10.8 Å². The molecule has 1 amide bonds. The van der Waals surface area contributed by atoms with Gasteiger partial charge in [-0.05, 0) is 31.2 Å². The van der Waals surface area contributed by atoms with Crippen molar-refractivity contribution in [2.75, 3.05) is 12.0 Å². The Balaban J connectivity index is 1.99. The minimum atomic E-state index is -0.949. The van der Waals surface area contributed by atoms with Gasteiger partial charge >= 0.3 is 0 Å². The molecule has 114 valence electrons. The van der Waals surface area contributed by atoms with Crippen LogP contribution in [0.25, 0.3) is 0 Å². The maximum absolute atomic E-state index is 12.2. The zero-order valence-electron chi connectivity index (χ0n) is 12.5. The predicted molar refractivity (Wildman–Crippen MR) is 87.4 cm³/mol. The van der Waals surface area contributed by atoms with Crippen LogP contribution in [0, 0.1) is 0 Å². The van der Waals surface area contributed by atoms with E-state index in [9.17, 15) is 9.00 Å². The average molecular weight is 305 g/mol. The largest absolute Gasteiger partial charge is 0.348 e. The third kappa shape index (κ3) is 5.46. The summed E-state index contributed by atoms with van der Waals surface area (Å²) in [6, 6.07) is 9.59. The molecule has 1 N–H and O–H groups in total. The molecule has 2 atom stereocenters. The molecule has 0 bridgehead atoms. The molecule has 4 heteroatoms. The molecule has 3 nitrogen and oxygen atoms in total. The topological polar surface area (TPSA) is 46.2 Å². The van der Waals surface area contributed by atoms with Crippen molar-refractivity contribution in [3.63, 3.8) is 0 Å². The number of rotatable bonds is 6. The zero-order valence-corrected chi connectivity index (χ0v) is 13.3. The Kier molecular flexibility index (Phi) is 6.18. The Morgan fingerprint density at radius 3 is 2.67 bits per heavy atom. The number of allylic oxidation sites excluding steroid dienone is 1. The first-order valence-electron chi connectivity index (χ1n) is 7.47. The molecule has 0 aliphatic heterocycles. The molecule has 2 rings (SSSR count). The van der Waals surface area contributed by atoms with Gasteiger partial charge in [0.05, 0.1) is 6.04 Å². The summed E-state index contributed by atoms with van der Waals surface area (Å²) in [5, 5.41) is 3.04. The minimum absolute atomic E-state index is 0.0300. The lowest BCUT2D eigenvalue weighted by Gasteiger charge is -2.19. The number of carbonyl (C=O) groups is 1. The molecule has 0 saturated carbocycles. The summed E-state index contributed by atoms with van der Waals surface area (Å²) in [5.74, 6) is 0.483. The van der Waals surface area contributed by atoms with Crippen LogP contribution in [-0.2, 0) is 15.6 Å². The van der Waals surface area contributed by atoms with Gasteiger partial charge in [0.15, 0.2) is 0 Å². The van der Waals surface area contributed by atoms with E-state index in [-0.39, 0.29) is 11.9 Å². The maximum atomic E-state index is 12.2. The van der Waals surface area contributed by atoms with Crippen LogP contribution >= 0.6 is 0 Å². The van der Waals surface area contributed by atoms with E-state index in [1.165, 1.54) is 18.4 Å². The Morgan fingerprint density at radius 2 is 2.05 bits per heavy atom. The van der Waals surface area contributed by atoms with Gasteiger partial charge in [-0.1, -0.05) is 42.0 Å². The van der Waals surface area contributed by atoms with E-state index in [0.717, 1.165) is 18.4 Å². The summed E-state index contributed by atoms with van der Waals surface area (Å²) in [6.07, 6.45) is 8.86. The highest BCUT2D eigenvalue weighted by Gasteiger charge is 2.17. The van der Waals surface area contributed by atoms with Gasteiger partial charge < -0.3 is 5.32 Å². The SMILES string of the molecule is C[S@](=O)C[C@H](NC(=O)CC1=CCCCC1)c1ccccc1. The number of carbonyl (C=O) groups excluding carboxylic acids is 1. The van der Waals surface area contributed by atoms with Crippen LogP contribution in [0.15, 0.2) is 42.0 Å². The molecule has 1 aliphatic carbocycles. The summed E-state index contributed by atoms with van der Waals surface area (Å²) in [6.45, 7) is 0. The van der Waals surface area contributed by atoms with E-state index in [1.807, 2.05) is 30.3 Å². The Bertz CT molecular complexity index is 525. The van der Waals surface area contributed by atoms with Crippen LogP contribution in [0.3, 0.4) is 0 Å².